The van der Waals surface area contributed by atoms with Gasteiger partial charge in [-0.05, 0) is 49.5 Å². The summed E-state index contributed by atoms with van der Waals surface area (Å²) < 4.78 is 15.8. The van der Waals surface area contributed by atoms with Gasteiger partial charge in [-0.1, -0.05) is 80.5 Å². The molecule has 0 bridgehead atoms. The van der Waals surface area contributed by atoms with Gasteiger partial charge in [-0.25, -0.2) is 4.57 Å². The van der Waals surface area contributed by atoms with Crippen molar-refractivity contribution in [3.05, 3.63) is 29.8 Å². The zero-order valence-corrected chi connectivity index (χ0v) is 20.9. The van der Waals surface area contributed by atoms with Gasteiger partial charge < -0.3 is 15.2 Å². The molecule has 0 saturated carbocycles. The van der Waals surface area contributed by atoms with Crippen LogP contribution in [0.4, 0.5) is 0 Å². The van der Waals surface area contributed by atoms with Crippen molar-refractivity contribution < 1.29 is 18.9 Å². The third kappa shape index (κ3) is 17.6. The van der Waals surface area contributed by atoms with Crippen LogP contribution < -0.4 is 15.2 Å². The number of phosphoric ester groups is 1. The molecule has 6 nitrogen and oxygen atoms in total. The zero-order chi connectivity index (χ0) is 23.1. The molecule has 1 aromatic rings. The molecule has 172 valence electrons. The summed E-state index contributed by atoms with van der Waals surface area (Å²) in [6.45, 7) is 23.3. The smallest absolute Gasteiger partial charge is 0.404 e. The molecule has 0 heterocycles. The Balaban J connectivity index is 0. The molecule has 29 heavy (non-hydrogen) atoms. The molecular weight excluding hydrogens is 387 g/mol. The van der Waals surface area contributed by atoms with Crippen LogP contribution in [0.25, 0.3) is 0 Å². The number of benzene rings is 1. The van der Waals surface area contributed by atoms with Crippen LogP contribution in [0.15, 0.2) is 24.3 Å². The number of nitrogens with one attached hydrogen (secondary N) is 2. The molecule has 7 heteroatoms. The summed E-state index contributed by atoms with van der Waals surface area (Å²) in [4.78, 5) is 18.0. The summed E-state index contributed by atoms with van der Waals surface area (Å²) in [5.41, 5.74) is 0.691. The molecule has 0 fully saturated rings. The Morgan fingerprint density at radius 3 is 1.59 bits per heavy atom. The number of para-hydroxylation sites is 1. The molecule has 0 radical (unpaired) electrons. The van der Waals surface area contributed by atoms with E-state index >= 15 is 0 Å². The molecule has 0 atom stereocenters. The van der Waals surface area contributed by atoms with Gasteiger partial charge in [-0.15, -0.1) is 0 Å². The van der Waals surface area contributed by atoms with Crippen LogP contribution >= 0.6 is 7.82 Å². The van der Waals surface area contributed by atoms with Gasteiger partial charge in [0.15, 0.2) is 0 Å². The summed E-state index contributed by atoms with van der Waals surface area (Å²) >= 11 is 0. The lowest BCUT2D eigenvalue weighted by molar-refractivity contribution is 0.266. The van der Waals surface area contributed by atoms with Crippen molar-refractivity contribution in [3.63, 3.8) is 0 Å². The Morgan fingerprint density at radius 1 is 0.862 bits per heavy atom. The van der Waals surface area contributed by atoms with Gasteiger partial charge >= 0.3 is 7.82 Å². The molecule has 1 rings (SSSR count). The highest BCUT2D eigenvalue weighted by molar-refractivity contribution is 7.46. The van der Waals surface area contributed by atoms with Gasteiger partial charge in [-0.3, -0.25) is 9.79 Å². The number of phosphoric acid groups is 1. The zero-order valence-electron chi connectivity index (χ0n) is 20.0. The minimum absolute atomic E-state index is 0.110. The molecule has 0 saturated heterocycles. The first-order valence-electron chi connectivity index (χ1n) is 10.5. The van der Waals surface area contributed by atoms with Crippen LogP contribution in [-0.4, -0.2) is 36.0 Å². The third-order valence-electron chi connectivity index (χ3n) is 3.81. The van der Waals surface area contributed by atoms with E-state index in [4.69, 9.17) is 14.3 Å². The van der Waals surface area contributed by atoms with Crippen molar-refractivity contribution in [1.29, 1.82) is 0 Å². The van der Waals surface area contributed by atoms with E-state index in [-0.39, 0.29) is 16.6 Å². The monoisotopic (exact) mass is 432 g/mol. The van der Waals surface area contributed by atoms with Crippen molar-refractivity contribution in [3.8, 4) is 5.75 Å². The lowest BCUT2D eigenvalue weighted by atomic mass is 9.72. The van der Waals surface area contributed by atoms with E-state index in [1.165, 1.54) is 0 Å². The topological polar surface area (TPSA) is 90.8 Å². The van der Waals surface area contributed by atoms with Gasteiger partial charge in [0.25, 0.3) is 0 Å². The lowest BCUT2D eigenvalue weighted by Gasteiger charge is -2.34. The second-order valence-corrected chi connectivity index (χ2v) is 9.78. The quantitative estimate of drug-likeness (QED) is 0.427. The van der Waals surface area contributed by atoms with Gasteiger partial charge in [0.05, 0.1) is 0 Å². The molecule has 0 aliphatic rings. The normalized spacial score (nSPS) is 11.7. The van der Waals surface area contributed by atoms with Crippen molar-refractivity contribution in [2.45, 2.75) is 74.1 Å². The van der Waals surface area contributed by atoms with E-state index in [0.29, 0.717) is 0 Å². The molecule has 0 aromatic heterocycles. The van der Waals surface area contributed by atoms with E-state index in [9.17, 15) is 4.57 Å². The van der Waals surface area contributed by atoms with E-state index in [1.807, 2.05) is 12.1 Å². The van der Waals surface area contributed by atoms with Crippen LogP contribution in [0.5, 0.6) is 5.75 Å². The highest BCUT2D eigenvalue weighted by Crippen LogP contribution is 2.45. The largest absolute Gasteiger partial charge is 0.524 e. The Bertz CT molecular complexity index is 570. The number of hydrogen-bond acceptors (Lipinski definition) is 4. The highest BCUT2D eigenvalue weighted by atomic mass is 31.2. The van der Waals surface area contributed by atoms with Gasteiger partial charge in [0.1, 0.15) is 5.75 Å². The average molecular weight is 433 g/mol. The lowest BCUT2D eigenvalue weighted by Crippen LogP contribution is -2.25. The van der Waals surface area contributed by atoms with Crippen LogP contribution in [-0.2, 0) is 9.98 Å². The molecular formula is C22H45N2O4P. The van der Waals surface area contributed by atoms with Crippen LogP contribution in [0, 0.1) is 5.41 Å². The van der Waals surface area contributed by atoms with Crippen molar-refractivity contribution in [2.75, 3.05) is 26.2 Å². The van der Waals surface area contributed by atoms with E-state index < -0.39 is 7.82 Å². The third-order valence-corrected chi connectivity index (χ3v) is 4.24. The summed E-state index contributed by atoms with van der Waals surface area (Å²) in [7, 11) is -4.54. The Labute approximate surface area is 179 Å². The molecule has 0 aliphatic heterocycles. The van der Waals surface area contributed by atoms with Crippen molar-refractivity contribution in [1.82, 2.24) is 10.6 Å². The highest BCUT2D eigenvalue weighted by Gasteiger charge is 2.31. The maximum atomic E-state index is 11.0. The summed E-state index contributed by atoms with van der Waals surface area (Å²) in [6.07, 6.45) is 0.877. The van der Waals surface area contributed by atoms with Crippen LogP contribution in [0.1, 0.15) is 74.3 Å². The number of rotatable bonds is 8. The SMILES string of the molecule is CC(C)(C)CC(C)(C)c1ccccc1OP(=O)(O)O.CCNCC.CCNCC. The number of hydrogen-bond donors (Lipinski definition) is 4. The summed E-state index contributed by atoms with van der Waals surface area (Å²) in [6, 6.07) is 7.02. The minimum atomic E-state index is -4.54. The molecule has 4 N–H and O–H groups in total. The van der Waals surface area contributed by atoms with Gasteiger partial charge in [0, 0.05) is 5.56 Å². The molecule has 0 amide bonds. The average Bonchev–Trinajstić information content (AvgIpc) is 2.54. The van der Waals surface area contributed by atoms with Crippen molar-refractivity contribution >= 4 is 7.82 Å². The van der Waals surface area contributed by atoms with Gasteiger partial charge in [0.2, 0.25) is 0 Å². The fourth-order valence-electron chi connectivity index (χ4n) is 3.15. The predicted octanol–water partition coefficient (Wildman–Crippen LogP) is 5.10. The maximum Gasteiger partial charge on any atom is 0.524 e. The Hall–Kier alpha value is -0.910. The standard InChI is InChI=1S/C14H23O4P.2C4H11N/c1-13(2,3)10-14(4,5)11-8-6-7-9-12(11)18-19(15,16)17;2*1-3-5-4-2/h6-9H,10H2,1-5H3,(H2,15,16,17);2*5H,3-4H2,1-2H3. The summed E-state index contributed by atoms with van der Waals surface area (Å²) in [5, 5.41) is 6.22. The first-order valence-corrected chi connectivity index (χ1v) is 12.0. The molecule has 0 unspecified atom stereocenters. The van der Waals surface area contributed by atoms with E-state index in [2.05, 4.69) is 72.9 Å². The maximum absolute atomic E-state index is 11.0. The second kappa shape index (κ2) is 15.0. The van der Waals surface area contributed by atoms with Crippen LogP contribution in [0.2, 0.25) is 0 Å². The minimum Gasteiger partial charge on any atom is -0.404 e. The van der Waals surface area contributed by atoms with E-state index in [1.54, 1.807) is 12.1 Å². The molecule has 0 spiro atoms. The van der Waals surface area contributed by atoms with Gasteiger partial charge in [-0.2, -0.15) is 0 Å². The van der Waals surface area contributed by atoms with E-state index in [0.717, 1.165) is 38.2 Å². The van der Waals surface area contributed by atoms with Crippen molar-refractivity contribution in [2.24, 2.45) is 5.41 Å². The molecule has 0 aliphatic carbocycles. The fourth-order valence-corrected chi connectivity index (χ4v) is 3.57. The Morgan fingerprint density at radius 2 is 1.28 bits per heavy atom. The second-order valence-electron chi connectivity index (χ2n) is 8.61. The first-order chi connectivity index (χ1) is 13.2. The van der Waals surface area contributed by atoms with Crippen LogP contribution in [0.3, 0.4) is 0 Å². The molecule has 1 aromatic carbocycles. The Kier molecular flexibility index (Phi) is 15.6. The predicted molar refractivity (Wildman–Crippen MR) is 125 cm³/mol. The first kappa shape index (κ1) is 30.3. The summed E-state index contributed by atoms with van der Waals surface area (Å²) in [5.74, 6) is 0.255. The fraction of sp³-hybridized carbons (Fsp3) is 0.727.